The van der Waals surface area contributed by atoms with Crippen LogP contribution in [0.25, 0.3) is 11.0 Å². The molecule has 0 saturated carbocycles. The SMILES string of the molecule is CO[C@@H]1C(COc2ccc3oc(C)cc3c2)=CC=CN1C(C)CO. The molecule has 0 fully saturated rings. The van der Waals surface area contributed by atoms with Gasteiger partial charge in [0, 0.05) is 24.3 Å². The zero-order chi connectivity index (χ0) is 17.1. The number of ether oxygens (including phenoxy) is 2. The first-order valence-corrected chi connectivity index (χ1v) is 8.03. The standard InChI is InChI=1S/C19H23NO4/c1-13(11-21)20-8-4-5-15(19(20)22-3)12-23-17-6-7-18-16(10-17)9-14(2)24-18/h4-10,13,19,21H,11-12H2,1-3H3/t13?,19-/m1/s1. The highest BCUT2D eigenvalue weighted by Gasteiger charge is 2.25. The second-order valence-electron chi connectivity index (χ2n) is 6.00. The number of hydrogen-bond acceptors (Lipinski definition) is 5. The van der Waals surface area contributed by atoms with Crippen molar-refractivity contribution >= 4 is 11.0 Å². The van der Waals surface area contributed by atoms with Gasteiger partial charge in [0.05, 0.1) is 12.6 Å². The lowest BCUT2D eigenvalue weighted by Crippen LogP contribution is -2.44. The fourth-order valence-electron chi connectivity index (χ4n) is 2.89. The van der Waals surface area contributed by atoms with Gasteiger partial charge >= 0.3 is 0 Å². The summed E-state index contributed by atoms with van der Waals surface area (Å²) in [6, 6.07) is 7.76. The third-order valence-corrected chi connectivity index (χ3v) is 4.17. The second kappa shape index (κ2) is 7.11. The van der Waals surface area contributed by atoms with Gasteiger partial charge in [0.2, 0.25) is 0 Å². The number of hydrogen-bond donors (Lipinski definition) is 1. The van der Waals surface area contributed by atoms with E-state index in [0.717, 1.165) is 28.1 Å². The van der Waals surface area contributed by atoms with E-state index in [1.807, 2.05) is 61.4 Å². The smallest absolute Gasteiger partial charge is 0.155 e. The molecule has 1 aliphatic heterocycles. The van der Waals surface area contributed by atoms with Crippen LogP contribution >= 0.6 is 0 Å². The predicted molar refractivity (Wildman–Crippen MR) is 92.9 cm³/mol. The van der Waals surface area contributed by atoms with Gasteiger partial charge in [-0.3, -0.25) is 0 Å². The van der Waals surface area contributed by atoms with Crippen LogP contribution in [0, 0.1) is 6.92 Å². The molecule has 5 nitrogen and oxygen atoms in total. The van der Waals surface area contributed by atoms with Crippen molar-refractivity contribution in [2.45, 2.75) is 26.1 Å². The van der Waals surface area contributed by atoms with E-state index in [1.165, 1.54) is 0 Å². The highest BCUT2D eigenvalue weighted by atomic mass is 16.5. The Hall–Kier alpha value is -2.24. The fraction of sp³-hybridized carbons (Fsp3) is 0.368. The Morgan fingerprint density at radius 2 is 2.17 bits per heavy atom. The first-order valence-electron chi connectivity index (χ1n) is 8.03. The van der Waals surface area contributed by atoms with Crippen molar-refractivity contribution < 1.29 is 19.0 Å². The van der Waals surface area contributed by atoms with E-state index in [9.17, 15) is 5.11 Å². The van der Waals surface area contributed by atoms with Crippen LogP contribution < -0.4 is 4.74 Å². The molecule has 2 heterocycles. The highest BCUT2D eigenvalue weighted by molar-refractivity contribution is 5.79. The molecule has 1 N–H and O–H groups in total. The first kappa shape index (κ1) is 16.6. The van der Waals surface area contributed by atoms with E-state index in [0.29, 0.717) is 6.61 Å². The van der Waals surface area contributed by atoms with Gasteiger partial charge in [0.1, 0.15) is 23.7 Å². The maximum absolute atomic E-state index is 9.41. The molecule has 2 aromatic rings. The van der Waals surface area contributed by atoms with Crippen molar-refractivity contribution in [1.29, 1.82) is 0 Å². The third kappa shape index (κ3) is 3.32. The molecular formula is C19H23NO4. The molecule has 3 rings (SSSR count). The number of aliphatic hydroxyl groups excluding tert-OH is 1. The van der Waals surface area contributed by atoms with Crippen molar-refractivity contribution in [2.75, 3.05) is 20.3 Å². The summed E-state index contributed by atoms with van der Waals surface area (Å²) < 4.78 is 17.1. The normalized spacial score (nSPS) is 18.8. The molecule has 1 unspecified atom stereocenters. The molecule has 0 amide bonds. The van der Waals surface area contributed by atoms with Crippen LogP contribution in [0.3, 0.4) is 0 Å². The molecule has 0 saturated heterocycles. The van der Waals surface area contributed by atoms with Crippen molar-refractivity contribution in [3.63, 3.8) is 0 Å². The molecule has 2 atom stereocenters. The molecular weight excluding hydrogens is 306 g/mol. The minimum absolute atomic E-state index is 0.0276. The average Bonchev–Trinajstić information content (AvgIpc) is 2.97. The van der Waals surface area contributed by atoms with E-state index in [1.54, 1.807) is 7.11 Å². The van der Waals surface area contributed by atoms with Crippen LogP contribution in [0.15, 0.2) is 52.6 Å². The number of furan rings is 1. The summed E-state index contributed by atoms with van der Waals surface area (Å²) in [4.78, 5) is 1.99. The van der Waals surface area contributed by atoms with Crippen LogP contribution in [0.2, 0.25) is 0 Å². The topological polar surface area (TPSA) is 55.1 Å². The molecule has 1 aromatic carbocycles. The van der Waals surface area contributed by atoms with E-state index in [-0.39, 0.29) is 18.9 Å². The molecule has 24 heavy (non-hydrogen) atoms. The predicted octanol–water partition coefficient (Wildman–Crippen LogP) is 3.23. The zero-order valence-electron chi connectivity index (χ0n) is 14.2. The summed E-state index contributed by atoms with van der Waals surface area (Å²) in [6.07, 6.45) is 5.63. The Morgan fingerprint density at radius 3 is 2.92 bits per heavy atom. The van der Waals surface area contributed by atoms with Crippen LogP contribution in [-0.2, 0) is 4.74 Å². The van der Waals surface area contributed by atoms with Gasteiger partial charge in [-0.1, -0.05) is 6.08 Å². The van der Waals surface area contributed by atoms with Gasteiger partial charge < -0.3 is 23.9 Å². The Bertz CT molecular complexity index is 762. The van der Waals surface area contributed by atoms with E-state index < -0.39 is 0 Å². The minimum Gasteiger partial charge on any atom is -0.489 e. The van der Waals surface area contributed by atoms with Crippen LogP contribution in [-0.4, -0.2) is 42.6 Å². The summed E-state index contributed by atoms with van der Waals surface area (Å²) in [5.41, 5.74) is 1.86. The van der Waals surface area contributed by atoms with Gasteiger partial charge in [0.15, 0.2) is 6.23 Å². The molecule has 0 bridgehead atoms. The maximum atomic E-state index is 9.41. The maximum Gasteiger partial charge on any atom is 0.155 e. The van der Waals surface area contributed by atoms with E-state index in [4.69, 9.17) is 13.9 Å². The van der Waals surface area contributed by atoms with Crippen molar-refractivity contribution in [3.8, 4) is 5.75 Å². The summed E-state index contributed by atoms with van der Waals surface area (Å²) in [6.45, 7) is 4.36. The van der Waals surface area contributed by atoms with E-state index >= 15 is 0 Å². The number of nitrogens with zero attached hydrogens (tertiary/aromatic N) is 1. The van der Waals surface area contributed by atoms with E-state index in [2.05, 4.69) is 0 Å². The lowest BCUT2D eigenvalue weighted by Gasteiger charge is -2.37. The van der Waals surface area contributed by atoms with Crippen LogP contribution in [0.1, 0.15) is 12.7 Å². The lowest BCUT2D eigenvalue weighted by molar-refractivity contribution is -0.0148. The molecule has 0 radical (unpaired) electrons. The minimum atomic E-state index is -0.239. The summed E-state index contributed by atoms with van der Waals surface area (Å²) in [5.74, 6) is 1.67. The van der Waals surface area contributed by atoms with Crippen LogP contribution in [0.4, 0.5) is 0 Å². The Balaban J connectivity index is 1.72. The number of allylic oxidation sites excluding steroid dienone is 2. The molecule has 128 valence electrons. The molecule has 5 heteroatoms. The first-order chi connectivity index (χ1) is 11.6. The molecule has 0 aliphatic carbocycles. The van der Waals surface area contributed by atoms with Crippen molar-refractivity contribution in [3.05, 3.63) is 54.0 Å². The summed E-state index contributed by atoms with van der Waals surface area (Å²) in [7, 11) is 1.66. The van der Waals surface area contributed by atoms with Gasteiger partial charge in [0.25, 0.3) is 0 Å². The highest BCUT2D eigenvalue weighted by Crippen LogP contribution is 2.26. The molecule has 0 spiro atoms. The van der Waals surface area contributed by atoms with Crippen molar-refractivity contribution in [2.24, 2.45) is 0 Å². The quantitative estimate of drug-likeness (QED) is 0.882. The largest absolute Gasteiger partial charge is 0.489 e. The number of aliphatic hydroxyl groups is 1. The monoisotopic (exact) mass is 329 g/mol. The number of benzene rings is 1. The van der Waals surface area contributed by atoms with Gasteiger partial charge in [-0.25, -0.2) is 0 Å². The summed E-state index contributed by atoms with van der Waals surface area (Å²) >= 11 is 0. The summed E-state index contributed by atoms with van der Waals surface area (Å²) in [5, 5.41) is 10.4. The third-order valence-electron chi connectivity index (χ3n) is 4.17. The number of fused-ring (bicyclic) bond motifs is 1. The van der Waals surface area contributed by atoms with Gasteiger partial charge in [-0.15, -0.1) is 0 Å². The average molecular weight is 329 g/mol. The second-order valence-corrected chi connectivity index (χ2v) is 6.00. The molecule has 1 aliphatic rings. The molecule has 1 aromatic heterocycles. The lowest BCUT2D eigenvalue weighted by atomic mass is 10.1. The number of rotatable bonds is 6. The van der Waals surface area contributed by atoms with Crippen molar-refractivity contribution in [1.82, 2.24) is 4.90 Å². The fourth-order valence-corrected chi connectivity index (χ4v) is 2.89. The Kier molecular flexibility index (Phi) is 4.92. The Morgan fingerprint density at radius 1 is 1.33 bits per heavy atom. The number of aryl methyl sites for hydroxylation is 1. The number of methoxy groups -OCH3 is 1. The Labute approximate surface area is 141 Å². The van der Waals surface area contributed by atoms with Gasteiger partial charge in [-0.05, 0) is 44.2 Å². The van der Waals surface area contributed by atoms with Crippen LogP contribution in [0.5, 0.6) is 5.75 Å². The van der Waals surface area contributed by atoms with Gasteiger partial charge in [-0.2, -0.15) is 0 Å². The zero-order valence-corrected chi connectivity index (χ0v) is 14.2.